The summed E-state index contributed by atoms with van der Waals surface area (Å²) in [5.74, 6) is -0.299. The van der Waals surface area contributed by atoms with Crippen molar-refractivity contribution >= 4 is 11.7 Å². The second-order valence-electron chi connectivity index (χ2n) is 4.28. The zero-order valence-corrected chi connectivity index (χ0v) is 9.65. The smallest absolute Gasteiger partial charge is 0.219 e. The molecule has 0 aromatic heterocycles. The largest absolute Gasteiger partial charge is 0.335 e. The summed E-state index contributed by atoms with van der Waals surface area (Å²) in [5, 5.41) is 0. The van der Waals surface area contributed by atoms with Crippen LogP contribution in [0.2, 0.25) is 0 Å². The fraction of sp³-hybridized carbons (Fsp3) is 0.385. The highest BCUT2D eigenvalue weighted by atomic mass is 19.1. The van der Waals surface area contributed by atoms with Gasteiger partial charge in [0.15, 0.2) is 0 Å². The lowest BCUT2D eigenvalue weighted by molar-refractivity contribution is -0.136. The second kappa shape index (κ2) is 4.65. The molecular formula is C13H14FNO2. The number of benzene rings is 1. The molecule has 1 aromatic rings. The van der Waals surface area contributed by atoms with Gasteiger partial charge in [0.05, 0.1) is 6.04 Å². The summed E-state index contributed by atoms with van der Waals surface area (Å²) in [6, 6.07) is 5.78. The van der Waals surface area contributed by atoms with Crippen LogP contribution in [0.1, 0.15) is 31.4 Å². The molecule has 4 heteroatoms. The van der Waals surface area contributed by atoms with E-state index >= 15 is 0 Å². The second-order valence-corrected chi connectivity index (χ2v) is 4.28. The van der Waals surface area contributed by atoms with E-state index in [1.54, 1.807) is 17.0 Å². The van der Waals surface area contributed by atoms with Crippen LogP contribution in [0.4, 0.5) is 4.39 Å². The number of carbonyl (C=O) groups excluding carboxylic acids is 2. The molecule has 0 spiro atoms. The fourth-order valence-corrected chi connectivity index (χ4v) is 2.22. The minimum Gasteiger partial charge on any atom is -0.335 e. The van der Waals surface area contributed by atoms with Crippen LogP contribution in [0.25, 0.3) is 0 Å². The van der Waals surface area contributed by atoms with Gasteiger partial charge in [0.2, 0.25) is 5.91 Å². The molecule has 1 unspecified atom stereocenters. The number of likely N-dealkylation sites (tertiary alicyclic amines) is 1. The molecule has 0 radical (unpaired) electrons. The Morgan fingerprint density at radius 2 is 2.24 bits per heavy atom. The van der Waals surface area contributed by atoms with Crippen LogP contribution in [-0.4, -0.2) is 23.1 Å². The van der Waals surface area contributed by atoms with Crippen molar-refractivity contribution in [3.8, 4) is 0 Å². The minimum atomic E-state index is -0.343. The maximum absolute atomic E-state index is 13.2. The maximum Gasteiger partial charge on any atom is 0.219 e. The molecule has 1 heterocycles. The molecule has 0 N–H and O–H groups in total. The zero-order chi connectivity index (χ0) is 12.4. The van der Waals surface area contributed by atoms with E-state index in [4.69, 9.17) is 0 Å². The van der Waals surface area contributed by atoms with Gasteiger partial charge in [-0.3, -0.25) is 9.59 Å². The van der Waals surface area contributed by atoms with Crippen molar-refractivity contribution in [3.05, 3.63) is 35.6 Å². The molecule has 1 aliphatic rings. The Bertz CT molecular complexity index is 458. The molecular weight excluding hydrogens is 221 g/mol. The Balaban J connectivity index is 2.32. The lowest BCUT2D eigenvalue weighted by Gasteiger charge is -2.34. The van der Waals surface area contributed by atoms with Crippen molar-refractivity contribution in [2.24, 2.45) is 0 Å². The van der Waals surface area contributed by atoms with E-state index in [1.807, 2.05) is 0 Å². The topological polar surface area (TPSA) is 37.4 Å². The van der Waals surface area contributed by atoms with Crippen molar-refractivity contribution in [2.45, 2.75) is 25.8 Å². The monoisotopic (exact) mass is 235 g/mol. The van der Waals surface area contributed by atoms with E-state index in [-0.39, 0.29) is 30.0 Å². The van der Waals surface area contributed by atoms with Gasteiger partial charge in [-0.1, -0.05) is 12.1 Å². The Morgan fingerprint density at radius 1 is 1.47 bits per heavy atom. The lowest BCUT2D eigenvalue weighted by Crippen LogP contribution is -2.40. The van der Waals surface area contributed by atoms with E-state index < -0.39 is 0 Å². The Labute approximate surface area is 99.2 Å². The number of rotatable bonds is 1. The Morgan fingerprint density at radius 3 is 2.88 bits per heavy atom. The third-order valence-corrected chi connectivity index (χ3v) is 3.07. The summed E-state index contributed by atoms with van der Waals surface area (Å²) < 4.78 is 13.2. The van der Waals surface area contributed by atoms with Crippen LogP contribution in [0.5, 0.6) is 0 Å². The van der Waals surface area contributed by atoms with Gasteiger partial charge >= 0.3 is 0 Å². The molecule has 1 atom stereocenters. The first-order chi connectivity index (χ1) is 8.08. The SMILES string of the molecule is CC(=O)N1CCC(=O)CC1c1cccc(F)c1. The molecule has 1 fully saturated rings. The first kappa shape index (κ1) is 11.8. The normalized spacial score (nSPS) is 20.5. The van der Waals surface area contributed by atoms with Gasteiger partial charge in [0, 0.05) is 26.3 Å². The highest BCUT2D eigenvalue weighted by molar-refractivity contribution is 5.83. The average Bonchev–Trinajstić information content (AvgIpc) is 2.28. The molecule has 0 saturated carbocycles. The third kappa shape index (κ3) is 2.52. The van der Waals surface area contributed by atoms with Crippen LogP contribution < -0.4 is 0 Å². The van der Waals surface area contributed by atoms with Crippen LogP contribution >= 0.6 is 0 Å². The molecule has 17 heavy (non-hydrogen) atoms. The first-order valence-electron chi connectivity index (χ1n) is 5.62. The number of nitrogens with zero attached hydrogens (tertiary/aromatic N) is 1. The minimum absolute atomic E-state index is 0.0771. The first-order valence-corrected chi connectivity index (χ1v) is 5.62. The van der Waals surface area contributed by atoms with Gasteiger partial charge in [-0.25, -0.2) is 4.39 Å². The molecule has 1 amide bonds. The summed E-state index contributed by atoms with van der Waals surface area (Å²) in [7, 11) is 0. The zero-order valence-electron chi connectivity index (χ0n) is 9.65. The third-order valence-electron chi connectivity index (χ3n) is 3.07. The van der Waals surface area contributed by atoms with Gasteiger partial charge in [-0.2, -0.15) is 0 Å². The van der Waals surface area contributed by atoms with Crippen molar-refractivity contribution < 1.29 is 14.0 Å². The van der Waals surface area contributed by atoms with Crippen molar-refractivity contribution in [3.63, 3.8) is 0 Å². The van der Waals surface area contributed by atoms with Crippen molar-refractivity contribution in [2.75, 3.05) is 6.54 Å². The number of halogens is 1. The van der Waals surface area contributed by atoms with Gasteiger partial charge < -0.3 is 4.90 Å². The average molecular weight is 235 g/mol. The Kier molecular flexibility index (Phi) is 3.22. The molecule has 90 valence electrons. The molecule has 0 bridgehead atoms. The lowest BCUT2D eigenvalue weighted by atomic mass is 9.94. The van der Waals surface area contributed by atoms with Gasteiger partial charge in [-0.15, -0.1) is 0 Å². The summed E-state index contributed by atoms with van der Waals surface area (Å²) in [5.41, 5.74) is 0.688. The highest BCUT2D eigenvalue weighted by Crippen LogP contribution is 2.29. The number of piperidine rings is 1. The van der Waals surface area contributed by atoms with E-state index in [2.05, 4.69) is 0 Å². The summed E-state index contributed by atoms with van der Waals surface area (Å²) in [6.07, 6.45) is 0.675. The quantitative estimate of drug-likeness (QED) is 0.747. The number of ketones is 1. The standard InChI is InChI=1S/C13H14FNO2/c1-9(16)15-6-5-12(17)8-13(15)10-3-2-4-11(14)7-10/h2-4,7,13H,5-6,8H2,1H3. The summed E-state index contributed by atoms with van der Waals surface area (Å²) in [4.78, 5) is 24.6. The number of hydrogen-bond donors (Lipinski definition) is 0. The van der Waals surface area contributed by atoms with Gasteiger partial charge in [-0.05, 0) is 17.7 Å². The van der Waals surface area contributed by atoms with Gasteiger partial charge in [0.1, 0.15) is 11.6 Å². The summed E-state index contributed by atoms with van der Waals surface area (Å²) in [6.45, 7) is 1.90. The molecule has 2 rings (SSSR count). The predicted octanol–water partition coefficient (Wildman–Crippen LogP) is 2.08. The van der Waals surface area contributed by atoms with Crippen molar-refractivity contribution in [1.29, 1.82) is 0 Å². The van der Waals surface area contributed by atoms with Crippen LogP contribution in [-0.2, 0) is 9.59 Å². The molecule has 0 aliphatic carbocycles. The van der Waals surface area contributed by atoms with E-state index in [0.29, 0.717) is 18.5 Å². The van der Waals surface area contributed by atoms with Crippen LogP contribution in [0, 0.1) is 5.82 Å². The molecule has 1 aliphatic heterocycles. The van der Waals surface area contributed by atoms with Crippen LogP contribution in [0.3, 0.4) is 0 Å². The number of amides is 1. The van der Waals surface area contributed by atoms with E-state index in [9.17, 15) is 14.0 Å². The van der Waals surface area contributed by atoms with Crippen LogP contribution in [0.15, 0.2) is 24.3 Å². The Hall–Kier alpha value is -1.71. The molecule has 3 nitrogen and oxygen atoms in total. The molecule has 1 saturated heterocycles. The summed E-state index contributed by atoms with van der Waals surface area (Å²) >= 11 is 0. The fourth-order valence-electron chi connectivity index (χ4n) is 2.22. The predicted molar refractivity (Wildman–Crippen MR) is 60.8 cm³/mol. The maximum atomic E-state index is 13.2. The van der Waals surface area contributed by atoms with E-state index in [1.165, 1.54) is 19.1 Å². The van der Waals surface area contributed by atoms with Gasteiger partial charge in [0.25, 0.3) is 0 Å². The number of Topliss-reactive ketones (excluding diaryl/α,β-unsaturated/α-hetero) is 1. The number of carbonyl (C=O) groups is 2. The number of hydrogen-bond acceptors (Lipinski definition) is 2. The van der Waals surface area contributed by atoms with E-state index in [0.717, 1.165) is 0 Å². The molecule has 1 aromatic carbocycles. The van der Waals surface area contributed by atoms with Crippen molar-refractivity contribution in [1.82, 2.24) is 4.90 Å². The highest BCUT2D eigenvalue weighted by Gasteiger charge is 2.29.